The van der Waals surface area contributed by atoms with Crippen molar-refractivity contribution in [3.63, 3.8) is 0 Å². The molecule has 0 spiro atoms. The van der Waals surface area contributed by atoms with E-state index >= 15 is 0 Å². The zero-order chi connectivity index (χ0) is 30.2. The molecule has 0 heterocycles. The highest BCUT2D eigenvalue weighted by molar-refractivity contribution is 6.31. The molecule has 8 nitrogen and oxygen atoms in total. The van der Waals surface area contributed by atoms with Gasteiger partial charge in [0, 0.05) is 10.0 Å². The van der Waals surface area contributed by atoms with Gasteiger partial charge in [-0.2, -0.15) is 0 Å². The monoisotopic (exact) mass is 608 g/mol. The number of hydrogen-bond donors (Lipinski definition) is 2. The molecule has 0 radical (unpaired) electrons. The predicted molar refractivity (Wildman–Crippen MR) is 166 cm³/mol. The van der Waals surface area contributed by atoms with Crippen LogP contribution in [0.25, 0.3) is 11.1 Å². The molecule has 0 aliphatic heterocycles. The molecule has 0 aliphatic carbocycles. The van der Waals surface area contributed by atoms with Crippen LogP contribution in [0.3, 0.4) is 0 Å². The lowest BCUT2D eigenvalue weighted by molar-refractivity contribution is -0.118. The number of hydrogen-bond acceptors (Lipinski definition) is 6. The summed E-state index contributed by atoms with van der Waals surface area (Å²) in [7, 11) is 3.05. The number of halogens is 2. The molecule has 0 saturated heterocycles. The van der Waals surface area contributed by atoms with Gasteiger partial charge in [-0.05, 0) is 96.8 Å². The molecular weight excluding hydrogens is 579 g/mol. The molecule has 0 saturated carbocycles. The van der Waals surface area contributed by atoms with Crippen molar-refractivity contribution in [2.75, 3.05) is 38.1 Å². The number of nitrogens with one attached hydrogen (secondary N) is 2. The maximum Gasteiger partial charge on any atom is 0.262 e. The van der Waals surface area contributed by atoms with Gasteiger partial charge in [0.2, 0.25) is 0 Å². The second kappa shape index (κ2) is 14.0. The molecular formula is C32H30Cl2N2O6. The largest absolute Gasteiger partial charge is 0.495 e. The molecule has 2 amide bonds. The van der Waals surface area contributed by atoms with E-state index in [9.17, 15) is 9.59 Å². The Bertz CT molecular complexity index is 1490. The standard InChI is InChI=1S/C32H30Cl2N2O6/c1-19-13-23(33)7-11-27(19)41-17-31(37)35-25-9-5-21(15-29(25)39-3)22-6-10-26(30(16-22)40-4)36-32(38)18-42-28-12-8-24(34)14-20(28)2/h5-16H,17-18H2,1-4H3,(H,35,37)(H,36,38). The Labute approximate surface area is 254 Å². The lowest BCUT2D eigenvalue weighted by Crippen LogP contribution is -2.20. The molecule has 0 aliphatic rings. The molecule has 0 unspecified atom stereocenters. The Hall–Kier alpha value is -4.40. The van der Waals surface area contributed by atoms with E-state index in [0.29, 0.717) is 44.4 Å². The van der Waals surface area contributed by atoms with Crippen molar-refractivity contribution in [3.05, 3.63) is 94.0 Å². The molecule has 0 fully saturated rings. The summed E-state index contributed by atoms with van der Waals surface area (Å²) in [6, 6.07) is 21.2. The van der Waals surface area contributed by atoms with Crippen LogP contribution in [0.2, 0.25) is 10.0 Å². The van der Waals surface area contributed by atoms with Crippen molar-refractivity contribution >= 4 is 46.4 Å². The van der Waals surface area contributed by atoms with Crippen molar-refractivity contribution in [1.29, 1.82) is 0 Å². The van der Waals surface area contributed by atoms with Crippen LogP contribution in [-0.2, 0) is 9.59 Å². The maximum absolute atomic E-state index is 12.6. The first-order chi connectivity index (χ1) is 20.2. The van der Waals surface area contributed by atoms with Gasteiger partial charge in [0.05, 0.1) is 25.6 Å². The van der Waals surface area contributed by atoms with Gasteiger partial charge in [0.25, 0.3) is 11.8 Å². The number of carbonyl (C=O) groups excluding carboxylic acids is 2. The SMILES string of the molecule is COc1cc(-c2ccc(NC(=O)COc3ccc(Cl)cc3C)c(OC)c2)ccc1NC(=O)COc1ccc(Cl)cc1C. The number of amides is 2. The van der Waals surface area contributed by atoms with E-state index < -0.39 is 0 Å². The predicted octanol–water partition coefficient (Wildman–Crippen LogP) is 7.33. The van der Waals surface area contributed by atoms with Crippen LogP contribution >= 0.6 is 23.2 Å². The summed E-state index contributed by atoms with van der Waals surface area (Å²) < 4.78 is 22.3. The zero-order valence-electron chi connectivity index (χ0n) is 23.5. The number of ether oxygens (including phenoxy) is 4. The van der Waals surface area contributed by atoms with E-state index in [0.717, 1.165) is 22.3 Å². The molecule has 0 bridgehead atoms. The first-order valence-electron chi connectivity index (χ1n) is 12.9. The zero-order valence-corrected chi connectivity index (χ0v) is 25.1. The van der Waals surface area contributed by atoms with Crippen LogP contribution < -0.4 is 29.6 Å². The molecule has 10 heteroatoms. The number of methoxy groups -OCH3 is 2. The Morgan fingerprint density at radius 1 is 0.595 bits per heavy atom. The third-order valence-corrected chi connectivity index (χ3v) is 6.75. The third kappa shape index (κ3) is 7.87. The van der Waals surface area contributed by atoms with Crippen LogP contribution in [0.1, 0.15) is 11.1 Å². The second-order valence-electron chi connectivity index (χ2n) is 9.32. The molecule has 4 aromatic rings. The lowest BCUT2D eigenvalue weighted by Gasteiger charge is -2.15. The second-order valence-corrected chi connectivity index (χ2v) is 10.2. The highest BCUT2D eigenvalue weighted by Gasteiger charge is 2.14. The van der Waals surface area contributed by atoms with Crippen molar-refractivity contribution in [2.24, 2.45) is 0 Å². The average molecular weight is 610 g/mol. The minimum absolute atomic E-state index is 0.178. The summed E-state index contributed by atoms with van der Waals surface area (Å²) in [6.45, 7) is 3.35. The maximum atomic E-state index is 12.6. The number of anilines is 2. The fraction of sp³-hybridized carbons (Fsp3) is 0.188. The Balaban J connectivity index is 1.40. The first kappa shape index (κ1) is 30.6. The van der Waals surface area contributed by atoms with Gasteiger partial charge in [-0.15, -0.1) is 0 Å². The van der Waals surface area contributed by atoms with Crippen molar-refractivity contribution in [1.82, 2.24) is 0 Å². The Kier molecular flexibility index (Phi) is 10.2. The average Bonchev–Trinajstić information content (AvgIpc) is 2.96. The van der Waals surface area contributed by atoms with Crippen molar-refractivity contribution in [2.45, 2.75) is 13.8 Å². The molecule has 0 aromatic heterocycles. The van der Waals surface area contributed by atoms with E-state index in [4.69, 9.17) is 42.1 Å². The number of rotatable bonds is 11. The van der Waals surface area contributed by atoms with Gasteiger partial charge in [-0.3, -0.25) is 9.59 Å². The Morgan fingerprint density at radius 3 is 1.36 bits per heavy atom. The summed E-state index contributed by atoms with van der Waals surface area (Å²) in [4.78, 5) is 25.1. The molecule has 42 heavy (non-hydrogen) atoms. The summed E-state index contributed by atoms with van der Waals surface area (Å²) in [6.07, 6.45) is 0. The summed E-state index contributed by atoms with van der Waals surface area (Å²) in [5.41, 5.74) is 4.29. The van der Waals surface area contributed by atoms with Crippen LogP contribution in [0.4, 0.5) is 11.4 Å². The van der Waals surface area contributed by atoms with E-state index in [1.54, 1.807) is 60.7 Å². The smallest absolute Gasteiger partial charge is 0.262 e. The topological polar surface area (TPSA) is 95.1 Å². The minimum atomic E-state index is -0.340. The van der Waals surface area contributed by atoms with Gasteiger partial charge in [-0.25, -0.2) is 0 Å². The van der Waals surface area contributed by atoms with E-state index in [1.165, 1.54) is 14.2 Å². The number of carbonyl (C=O) groups is 2. The summed E-state index contributed by atoms with van der Waals surface area (Å²) >= 11 is 12.0. The highest BCUT2D eigenvalue weighted by Crippen LogP contribution is 2.35. The van der Waals surface area contributed by atoms with Crippen LogP contribution in [0, 0.1) is 13.8 Å². The minimum Gasteiger partial charge on any atom is -0.495 e. The van der Waals surface area contributed by atoms with E-state index in [-0.39, 0.29) is 25.0 Å². The van der Waals surface area contributed by atoms with Gasteiger partial charge in [0.15, 0.2) is 13.2 Å². The molecule has 218 valence electrons. The quantitative estimate of drug-likeness (QED) is 0.185. The lowest BCUT2D eigenvalue weighted by atomic mass is 10.0. The van der Waals surface area contributed by atoms with Crippen molar-refractivity contribution in [3.8, 4) is 34.1 Å². The molecule has 4 rings (SSSR count). The summed E-state index contributed by atoms with van der Waals surface area (Å²) in [5, 5.41) is 6.83. The van der Waals surface area contributed by atoms with Crippen LogP contribution in [0.5, 0.6) is 23.0 Å². The number of benzene rings is 4. The highest BCUT2D eigenvalue weighted by atomic mass is 35.5. The van der Waals surface area contributed by atoms with Gasteiger partial charge in [0.1, 0.15) is 23.0 Å². The van der Waals surface area contributed by atoms with Crippen LogP contribution in [-0.4, -0.2) is 39.2 Å². The molecule has 0 atom stereocenters. The fourth-order valence-corrected chi connectivity index (χ4v) is 4.61. The van der Waals surface area contributed by atoms with E-state index in [2.05, 4.69) is 10.6 Å². The number of aryl methyl sites for hydroxylation is 2. The third-order valence-electron chi connectivity index (χ3n) is 6.28. The first-order valence-corrected chi connectivity index (χ1v) is 13.7. The van der Waals surface area contributed by atoms with Gasteiger partial charge < -0.3 is 29.6 Å². The van der Waals surface area contributed by atoms with Gasteiger partial charge in [-0.1, -0.05) is 35.3 Å². The van der Waals surface area contributed by atoms with E-state index in [1.807, 2.05) is 26.0 Å². The molecule has 4 aromatic carbocycles. The molecule has 2 N–H and O–H groups in total. The Morgan fingerprint density at radius 2 is 1.00 bits per heavy atom. The van der Waals surface area contributed by atoms with Crippen LogP contribution in [0.15, 0.2) is 72.8 Å². The van der Waals surface area contributed by atoms with Crippen molar-refractivity contribution < 1.29 is 28.5 Å². The summed E-state index contributed by atoms with van der Waals surface area (Å²) in [5.74, 6) is 1.41. The van der Waals surface area contributed by atoms with Gasteiger partial charge >= 0.3 is 0 Å². The normalized spacial score (nSPS) is 10.5. The fourth-order valence-electron chi connectivity index (χ4n) is 4.16.